The highest BCUT2D eigenvalue weighted by molar-refractivity contribution is 7.89. The number of aryl methyl sites for hydroxylation is 2. The molecule has 0 aliphatic rings. The number of sulfonamides is 1. The summed E-state index contributed by atoms with van der Waals surface area (Å²) in [6.45, 7) is 5.73. The van der Waals surface area contributed by atoms with Crippen LogP contribution in [0.2, 0.25) is 0 Å². The van der Waals surface area contributed by atoms with Crippen LogP contribution in [0.4, 0.5) is 22.9 Å². The highest BCUT2D eigenvalue weighted by Gasteiger charge is 2.16. The number of rotatable bonds is 13. The molecule has 3 N–H and O–H groups in total. The van der Waals surface area contributed by atoms with Gasteiger partial charge in [-0.2, -0.15) is 10.2 Å². The van der Waals surface area contributed by atoms with Crippen LogP contribution in [0.15, 0.2) is 69.7 Å². The van der Waals surface area contributed by atoms with Gasteiger partial charge >= 0.3 is 0 Å². The van der Waals surface area contributed by atoms with Gasteiger partial charge in [-0.25, -0.2) is 23.1 Å². The molecule has 0 saturated carbocycles. The molecule has 4 aromatic rings. The van der Waals surface area contributed by atoms with E-state index < -0.39 is 10.0 Å². The number of ether oxygens (including phenoxy) is 1. The first-order valence-electron chi connectivity index (χ1n) is 13.2. The van der Waals surface area contributed by atoms with Gasteiger partial charge in [0.25, 0.3) is 0 Å². The van der Waals surface area contributed by atoms with Crippen LogP contribution in [0.3, 0.4) is 0 Å². The molecular formula is C28H36N8O3S. The van der Waals surface area contributed by atoms with Gasteiger partial charge in [0.15, 0.2) is 5.82 Å². The first-order valence-corrected chi connectivity index (χ1v) is 14.6. The summed E-state index contributed by atoms with van der Waals surface area (Å²) in [5, 5.41) is 8.44. The Kier molecular flexibility index (Phi) is 9.46. The van der Waals surface area contributed by atoms with Gasteiger partial charge < -0.3 is 19.9 Å². The monoisotopic (exact) mass is 564 g/mol. The third kappa shape index (κ3) is 7.20. The van der Waals surface area contributed by atoms with E-state index in [1.165, 1.54) is 12.1 Å². The second-order valence-corrected chi connectivity index (χ2v) is 11.3. The van der Waals surface area contributed by atoms with Crippen LogP contribution in [-0.2, 0) is 27.9 Å². The van der Waals surface area contributed by atoms with E-state index in [0.717, 1.165) is 29.1 Å². The van der Waals surface area contributed by atoms with Gasteiger partial charge in [0, 0.05) is 45.2 Å². The molecule has 0 fully saturated rings. The van der Waals surface area contributed by atoms with Crippen molar-refractivity contribution in [3.05, 3.63) is 66.1 Å². The zero-order valence-electron chi connectivity index (χ0n) is 23.3. The van der Waals surface area contributed by atoms with Crippen molar-refractivity contribution >= 4 is 43.9 Å². The number of nitrogens with one attached hydrogen (secondary N) is 1. The lowest BCUT2D eigenvalue weighted by Crippen LogP contribution is -2.25. The third-order valence-electron chi connectivity index (χ3n) is 6.30. The van der Waals surface area contributed by atoms with E-state index >= 15 is 0 Å². The maximum atomic E-state index is 12.8. The molecule has 0 aliphatic carbocycles. The number of aromatic nitrogens is 3. The molecule has 12 heteroatoms. The Labute approximate surface area is 235 Å². The molecule has 212 valence electrons. The minimum atomic E-state index is -3.65. The van der Waals surface area contributed by atoms with Crippen LogP contribution in [0.25, 0.3) is 11.0 Å². The highest BCUT2D eigenvalue weighted by Crippen LogP contribution is 2.24. The minimum Gasteiger partial charge on any atom is -0.382 e. The lowest BCUT2D eigenvalue weighted by molar-refractivity contribution is 0.126. The van der Waals surface area contributed by atoms with Crippen LogP contribution in [-0.4, -0.2) is 50.2 Å². The van der Waals surface area contributed by atoms with Crippen molar-refractivity contribution in [2.75, 3.05) is 37.9 Å². The summed E-state index contributed by atoms with van der Waals surface area (Å²) in [6, 6.07) is 16.0. The number of imidazole rings is 1. The average Bonchev–Trinajstić information content (AvgIpc) is 3.28. The third-order valence-corrected chi connectivity index (χ3v) is 7.78. The first kappa shape index (κ1) is 29.1. The van der Waals surface area contributed by atoms with E-state index in [4.69, 9.17) is 10.5 Å². The number of benzene rings is 2. The normalized spacial score (nSPS) is 12.0. The lowest BCUT2D eigenvalue weighted by Gasteiger charge is -2.11. The van der Waals surface area contributed by atoms with Gasteiger partial charge in [-0.05, 0) is 81.3 Å². The molecule has 0 bridgehead atoms. The molecular weight excluding hydrogens is 528 g/mol. The summed E-state index contributed by atoms with van der Waals surface area (Å²) in [6.07, 6.45) is 1.38. The van der Waals surface area contributed by atoms with E-state index in [0.29, 0.717) is 55.4 Å². The fourth-order valence-electron chi connectivity index (χ4n) is 4.18. The number of nitrogen functional groups attached to an aromatic ring is 1. The molecule has 4 rings (SSSR count). The van der Waals surface area contributed by atoms with E-state index in [-0.39, 0.29) is 4.90 Å². The Morgan fingerprint density at radius 2 is 1.65 bits per heavy atom. The Hall–Kier alpha value is -3.87. The summed E-state index contributed by atoms with van der Waals surface area (Å²) < 4.78 is 36.0. The number of azo groups is 1. The number of anilines is 2. The molecule has 2 aromatic heterocycles. The first-order chi connectivity index (χ1) is 19.2. The second kappa shape index (κ2) is 13.0. The lowest BCUT2D eigenvalue weighted by atomic mass is 10.3. The van der Waals surface area contributed by atoms with Crippen LogP contribution in [0.5, 0.6) is 0 Å². The van der Waals surface area contributed by atoms with Gasteiger partial charge in [-0.15, -0.1) is 0 Å². The fourth-order valence-corrected chi connectivity index (χ4v) is 5.26. The smallest absolute Gasteiger partial charge is 0.240 e. The van der Waals surface area contributed by atoms with Crippen LogP contribution in [0.1, 0.15) is 31.3 Å². The fraction of sp³-hybridized carbons (Fsp3) is 0.357. The largest absolute Gasteiger partial charge is 0.382 e. The SMILES string of the molecule is CCOCc1nc2c(N)nc(C)cc2n1CCCCNS(=O)(=O)c1ccc(/N=N/c2ccc(N(C)C)cc2)cc1. The number of fused-ring (bicyclic) bond motifs is 1. The van der Waals surface area contributed by atoms with E-state index in [2.05, 4.69) is 29.5 Å². The van der Waals surface area contributed by atoms with Crippen LogP contribution >= 0.6 is 0 Å². The van der Waals surface area contributed by atoms with Crippen LogP contribution in [0, 0.1) is 6.92 Å². The molecule has 0 amide bonds. The Morgan fingerprint density at radius 3 is 2.27 bits per heavy atom. The number of nitrogens with zero attached hydrogens (tertiary/aromatic N) is 6. The summed E-state index contributed by atoms with van der Waals surface area (Å²) in [7, 11) is 0.295. The predicted molar refractivity (Wildman–Crippen MR) is 158 cm³/mol. The summed E-state index contributed by atoms with van der Waals surface area (Å²) in [5.74, 6) is 1.17. The van der Waals surface area contributed by atoms with Gasteiger partial charge in [0.2, 0.25) is 10.0 Å². The van der Waals surface area contributed by atoms with E-state index in [1.807, 2.05) is 63.2 Å². The second-order valence-electron chi connectivity index (χ2n) is 9.54. The number of unbranched alkanes of at least 4 members (excludes halogenated alkanes) is 1. The molecule has 0 unspecified atom stereocenters. The van der Waals surface area contributed by atoms with Crippen molar-refractivity contribution < 1.29 is 13.2 Å². The summed E-state index contributed by atoms with van der Waals surface area (Å²) in [4.78, 5) is 11.1. The topological polar surface area (TPSA) is 140 Å². The van der Waals surface area contributed by atoms with Crippen LogP contribution < -0.4 is 15.4 Å². The molecule has 0 saturated heterocycles. The molecule has 0 radical (unpaired) electrons. The zero-order valence-corrected chi connectivity index (χ0v) is 24.1. The van der Waals surface area contributed by atoms with Gasteiger partial charge in [0.05, 0.1) is 21.8 Å². The molecule has 11 nitrogen and oxygen atoms in total. The van der Waals surface area contributed by atoms with Crippen molar-refractivity contribution in [1.29, 1.82) is 0 Å². The maximum Gasteiger partial charge on any atom is 0.240 e. The minimum absolute atomic E-state index is 0.180. The Bertz CT molecular complexity index is 1560. The number of nitrogens with two attached hydrogens (primary N) is 1. The highest BCUT2D eigenvalue weighted by atomic mass is 32.2. The van der Waals surface area contributed by atoms with Crippen molar-refractivity contribution in [3.8, 4) is 0 Å². The van der Waals surface area contributed by atoms with Crippen molar-refractivity contribution in [2.45, 2.75) is 44.7 Å². The number of hydrogen-bond acceptors (Lipinski definition) is 9. The van der Waals surface area contributed by atoms with E-state index in [1.54, 1.807) is 12.1 Å². The quantitative estimate of drug-likeness (QED) is 0.170. The van der Waals surface area contributed by atoms with Gasteiger partial charge in [0.1, 0.15) is 17.9 Å². The molecule has 2 heterocycles. The molecule has 0 aliphatic heterocycles. The van der Waals surface area contributed by atoms with Crippen molar-refractivity contribution in [1.82, 2.24) is 19.3 Å². The van der Waals surface area contributed by atoms with E-state index in [9.17, 15) is 8.42 Å². The predicted octanol–water partition coefficient (Wildman–Crippen LogP) is 5.10. The van der Waals surface area contributed by atoms with Gasteiger partial charge in [-0.1, -0.05) is 0 Å². The molecule has 0 spiro atoms. The Morgan fingerprint density at radius 1 is 1.00 bits per heavy atom. The molecule has 40 heavy (non-hydrogen) atoms. The number of pyridine rings is 1. The average molecular weight is 565 g/mol. The molecule has 0 atom stereocenters. The number of hydrogen-bond donors (Lipinski definition) is 2. The van der Waals surface area contributed by atoms with Crippen molar-refractivity contribution in [3.63, 3.8) is 0 Å². The van der Waals surface area contributed by atoms with Crippen molar-refractivity contribution in [2.24, 2.45) is 10.2 Å². The molecule has 2 aromatic carbocycles. The summed E-state index contributed by atoms with van der Waals surface area (Å²) in [5.41, 5.74) is 10.8. The standard InChI is InChI=1S/C28H36N8O3S/c1-5-39-19-26-32-27-25(18-20(2)31-28(27)29)36(26)17-7-6-16-30-40(37,38)24-14-10-22(11-15-24)34-33-21-8-12-23(13-9-21)35(3)4/h8-15,18,30H,5-7,16-17,19H2,1-4H3,(H2,29,31)/b34-33+. The maximum absolute atomic E-state index is 12.8. The zero-order chi connectivity index (χ0) is 28.7. The Balaban J connectivity index is 1.32. The summed E-state index contributed by atoms with van der Waals surface area (Å²) >= 11 is 0. The van der Waals surface area contributed by atoms with Gasteiger partial charge in [-0.3, -0.25) is 0 Å².